The van der Waals surface area contributed by atoms with E-state index in [4.69, 9.17) is 23.2 Å². The van der Waals surface area contributed by atoms with E-state index in [-0.39, 0.29) is 27.8 Å². The molecule has 2 atom stereocenters. The zero-order valence-electron chi connectivity index (χ0n) is 12.9. The number of benzene rings is 1. The molecule has 130 valence electrons. The molecular weight excluding hydrogens is 371 g/mol. The van der Waals surface area contributed by atoms with E-state index in [1.807, 2.05) is 0 Å². The van der Waals surface area contributed by atoms with E-state index in [0.29, 0.717) is 18.4 Å². The van der Waals surface area contributed by atoms with Crippen molar-refractivity contribution in [1.82, 2.24) is 9.88 Å². The molecule has 0 radical (unpaired) electrons. The number of carbonyl (C=O) groups is 1. The van der Waals surface area contributed by atoms with Gasteiger partial charge in [0.2, 0.25) is 0 Å². The lowest BCUT2D eigenvalue weighted by molar-refractivity contribution is 0.177. The average molecular weight is 384 g/mol. The lowest BCUT2D eigenvalue weighted by Crippen LogP contribution is -2.44. The summed E-state index contributed by atoms with van der Waals surface area (Å²) in [6, 6.07) is 1.40. The van der Waals surface area contributed by atoms with Crippen LogP contribution in [0, 0.1) is 11.6 Å². The Bertz CT molecular complexity index is 877. The minimum absolute atomic E-state index is 0.0557. The SMILES string of the molecule is O=C(Nc1cc(Cl)c(Cl)cc1F)N1C2CCC1c1c(F)cncc1C2. The second-order valence-corrected chi connectivity index (χ2v) is 7.04. The first-order valence-electron chi connectivity index (χ1n) is 7.82. The zero-order valence-corrected chi connectivity index (χ0v) is 14.4. The van der Waals surface area contributed by atoms with Gasteiger partial charge in [-0.15, -0.1) is 0 Å². The fourth-order valence-electron chi connectivity index (χ4n) is 3.75. The number of pyridine rings is 1. The molecule has 25 heavy (non-hydrogen) atoms. The van der Waals surface area contributed by atoms with Crippen LogP contribution in [-0.2, 0) is 6.42 Å². The fraction of sp³-hybridized carbons (Fsp3) is 0.294. The van der Waals surface area contributed by atoms with Crippen molar-refractivity contribution in [2.24, 2.45) is 0 Å². The number of hydrogen-bond acceptors (Lipinski definition) is 2. The van der Waals surface area contributed by atoms with Crippen molar-refractivity contribution in [3.8, 4) is 0 Å². The van der Waals surface area contributed by atoms with Gasteiger partial charge in [-0.2, -0.15) is 0 Å². The van der Waals surface area contributed by atoms with E-state index in [0.717, 1.165) is 24.2 Å². The molecule has 2 bridgehead atoms. The molecule has 1 aromatic heterocycles. The maximum absolute atomic E-state index is 14.2. The number of anilines is 1. The van der Waals surface area contributed by atoms with Crippen LogP contribution in [0.1, 0.15) is 30.0 Å². The summed E-state index contributed by atoms with van der Waals surface area (Å²) >= 11 is 11.7. The summed E-state index contributed by atoms with van der Waals surface area (Å²) < 4.78 is 28.3. The Hall–Kier alpha value is -1.92. The van der Waals surface area contributed by atoms with Crippen molar-refractivity contribution >= 4 is 34.9 Å². The highest BCUT2D eigenvalue weighted by molar-refractivity contribution is 6.42. The number of nitrogens with zero attached hydrogens (tertiary/aromatic N) is 2. The van der Waals surface area contributed by atoms with E-state index in [1.165, 1.54) is 6.07 Å². The molecule has 2 aromatic rings. The lowest BCUT2D eigenvalue weighted by atomic mass is 9.95. The van der Waals surface area contributed by atoms with E-state index in [9.17, 15) is 13.6 Å². The number of fused-ring (bicyclic) bond motifs is 4. The van der Waals surface area contributed by atoms with Gasteiger partial charge in [-0.1, -0.05) is 23.2 Å². The van der Waals surface area contributed by atoms with Gasteiger partial charge in [-0.05, 0) is 37.0 Å². The van der Waals surface area contributed by atoms with Crippen LogP contribution in [0.5, 0.6) is 0 Å². The van der Waals surface area contributed by atoms with Crippen molar-refractivity contribution in [3.63, 3.8) is 0 Å². The van der Waals surface area contributed by atoms with Crippen LogP contribution in [0.3, 0.4) is 0 Å². The monoisotopic (exact) mass is 383 g/mol. The molecular formula is C17H13Cl2F2N3O. The van der Waals surface area contributed by atoms with Crippen molar-refractivity contribution in [2.45, 2.75) is 31.3 Å². The van der Waals surface area contributed by atoms with Crippen LogP contribution in [0.4, 0.5) is 19.3 Å². The number of hydrogen-bond donors (Lipinski definition) is 1. The van der Waals surface area contributed by atoms with Gasteiger partial charge in [-0.3, -0.25) is 4.98 Å². The number of nitrogens with one attached hydrogen (secondary N) is 1. The second kappa shape index (κ2) is 6.11. The average Bonchev–Trinajstić information content (AvgIpc) is 2.86. The number of halogens is 4. The number of aromatic nitrogens is 1. The molecule has 0 saturated carbocycles. The second-order valence-electron chi connectivity index (χ2n) is 6.23. The van der Waals surface area contributed by atoms with Crippen LogP contribution < -0.4 is 5.32 Å². The Labute approximate surface area is 152 Å². The summed E-state index contributed by atoms with van der Waals surface area (Å²) in [4.78, 5) is 18.2. The number of carbonyl (C=O) groups excluding carboxylic acids is 1. The predicted octanol–water partition coefficient (Wildman–Crippen LogP) is 4.96. The topological polar surface area (TPSA) is 45.2 Å². The zero-order chi connectivity index (χ0) is 17.7. The Balaban J connectivity index is 1.64. The van der Waals surface area contributed by atoms with Crippen LogP contribution in [0.25, 0.3) is 0 Å². The predicted molar refractivity (Wildman–Crippen MR) is 90.9 cm³/mol. The maximum atomic E-state index is 14.2. The van der Waals surface area contributed by atoms with Crippen molar-refractivity contribution in [3.05, 3.63) is 57.3 Å². The van der Waals surface area contributed by atoms with Gasteiger partial charge in [0.05, 0.1) is 28.0 Å². The van der Waals surface area contributed by atoms with Gasteiger partial charge < -0.3 is 10.2 Å². The lowest BCUT2D eigenvalue weighted by Gasteiger charge is -2.36. The Morgan fingerprint density at radius 2 is 1.92 bits per heavy atom. The smallest absolute Gasteiger partial charge is 0.314 e. The molecule has 1 aromatic carbocycles. The van der Waals surface area contributed by atoms with E-state index in [1.54, 1.807) is 11.1 Å². The Kier molecular flexibility index (Phi) is 4.04. The quantitative estimate of drug-likeness (QED) is 0.707. The molecule has 0 spiro atoms. The molecule has 2 amide bonds. The molecule has 4 rings (SSSR count). The van der Waals surface area contributed by atoms with E-state index in [2.05, 4.69) is 10.3 Å². The largest absolute Gasteiger partial charge is 0.322 e. The molecule has 1 saturated heterocycles. The van der Waals surface area contributed by atoms with E-state index < -0.39 is 17.7 Å². The normalized spacial score (nSPS) is 21.2. The standard InChI is InChI=1S/C17H13Cl2F2N3O/c18-10-4-12(20)14(5-11(10)19)23-17(25)24-9-1-2-15(24)16-8(3-9)6-22-7-13(16)21/h4-7,9,15H,1-3H2,(H,23,25). The van der Waals surface area contributed by atoms with Crippen LogP contribution in [0.2, 0.25) is 10.0 Å². The van der Waals surface area contributed by atoms with Gasteiger partial charge in [0.15, 0.2) is 0 Å². The molecule has 3 heterocycles. The summed E-state index contributed by atoms with van der Waals surface area (Å²) in [5, 5.41) is 2.74. The van der Waals surface area contributed by atoms with Gasteiger partial charge in [-0.25, -0.2) is 13.6 Å². The highest BCUT2D eigenvalue weighted by Gasteiger charge is 2.44. The molecule has 2 aliphatic heterocycles. The number of amides is 2. The van der Waals surface area contributed by atoms with Crippen LogP contribution in [0.15, 0.2) is 24.5 Å². The third-order valence-corrected chi connectivity index (χ3v) is 5.52. The highest BCUT2D eigenvalue weighted by atomic mass is 35.5. The summed E-state index contributed by atoms with van der Waals surface area (Å²) in [6.45, 7) is 0. The summed E-state index contributed by atoms with van der Waals surface area (Å²) in [5.41, 5.74) is 1.28. The molecule has 0 aliphatic carbocycles. The summed E-state index contributed by atoms with van der Waals surface area (Å²) in [6.07, 6.45) is 4.77. The molecule has 2 aliphatic rings. The Morgan fingerprint density at radius 3 is 2.72 bits per heavy atom. The highest BCUT2D eigenvalue weighted by Crippen LogP contribution is 2.44. The first-order valence-corrected chi connectivity index (χ1v) is 8.57. The van der Waals surface area contributed by atoms with E-state index >= 15 is 0 Å². The van der Waals surface area contributed by atoms with Crippen LogP contribution in [-0.4, -0.2) is 22.0 Å². The van der Waals surface area contributed by atoms with Crippen LogP contribution >= 0.6 is 23.2 Å². The fourth-order valence-corrected chi connectivity index (χ4v) is 4.06. The maximum Gasteiger partial charge on any atom is 0.322 e. The van der Waals surface area contributed by atoms with Crippen molar-refractivity contribution < 1.29 is 13.6 Å². The summed E-state index contributed by atoms with van der Waals surface area (Å²) in [7, 11) is 0. The van der Waals surface area contributed by atoms with Gasteiger partial charge >= 0.3 is 6.03 Å². The number of rotatable bonds is 1. The molecule has 1 N–H and O–H groups in total. The minimum Gasteiger partial charge on any atom is -0.314 e. The first-order chi connectivity index (χ1) is 12.0. The number of urea groups is 1. The van der Waals surface area contributed by atoms with Crippen molar-refractivity contribution in [2.75, 3.05) is 5.32 Å². The minimum atomic E-state index is -0.678. The molecule has 8 heteroatoms. The molecule has 2 unspecified atom stereocenters. The molecule has 4 nitrogen and oxygen atoms in total. The van der Waals surface area contributed by atoms with Gasteiger partial charge in [0.25, 0.3) is 0 Å². The third kappa shape index (κ3) is 2.73. The molecule has 1 fully saturated rings. The Morgan fingerprint density at radius 1 is 1.16 bits per heavy atom. The third-order valence-electron chi connectivity index (χ3n) is 4.80. The van der Waals surface area contributed by atoms with Gasteiger partial charge in [0, 0.05) is 17.8 Å². The van der Waals surface area contributed by atoms with Gasteiger partial charge in [0.1, 0.15) is 11.6 Å². The summed E-state index contributed by atoms with van der Waals surface area (Å²) in [5.74, 6) is -1.09. The first kappa shape index (κ1) is 16.5. The van der Waals surface area contributed by atoms with Crippen molar-refractivity contribution in [1.29, 1.82) is 0 Å².